The average Bonchev–Trinajstić information content (AvgIpc) is 2.78. The molecule has 0 bridgehead atoms. The Morgan fingerprint density at radius 2 is 1.97 bits per heavy atom. The number of nitrogens with zero attached hydrogens (tertiary/aromatic N) is 2. The van der Waals surface area contributed by atoms with Gasteiger partial charge in [0.1, 0.15) is 11.6 Å². The first-order valence-corrected chi connectivity index (χ1v) is 9.48. The van der Waals surface area contributed by atoms with Crippen molar-refractivity contribution in [2.45, 2.75) is 19.6 Å². The summed E-state index contributed by atoms with van der Waals surface area (Å²) in [7, 11) is 1.57. The third-order valence-corrected chi connectivity index (χ3v) is 4.62. The normalized spacial score (nSPS) is 14.8. The van der Waals surface area contributed by atoms with Crippen LogP contribution in [0.1, 0.15) is 22.8 Å². The van der Waals surface area contributed by atoms with Gasteiger partial charge in [-0.25, -0.2) is 9.78 Å². The molecule has 29 heavy (non-hydrogen) atoms. The van der Waals surface area contributed by atoms with Gasteiger partial charge in [0.15, 0.2) is 6.10 Å². The van der Waals surface area contributed by atoms with Gasteiger partial charge in [0.25, 0.3) is 5.91 Å². The zero-order chi connectivity index (χ0) is 20.6. The highest BCUT2D eigenvalue weighted by Gasteiger charge is 2.20. The van der Waals surface area contributed by atoms with Gasteiger partial charge in [0.2, 0.25) is 0 Å². The van der Waals surface area contributed by atoms with Gasteiger partial charge in [-0.2, -0.15) is 0 Å². The molecule has 1 unspecified atom stereocenters. The largest absolute Gasteiger partial charge is 0.496 e. The first-order chi connectivity index (χ1) is 14.1. The van der Waals surface area contributed by atoms with E-state index < -0.39 is 12.1 Å². The van der Waals surface area contributed by atoms with Crippen molar-refractivity contribution in [2.75, 3.05) is 38.3 Å². The van der Waals surface area contributed by atoms with E-state index in [9.17, 15) is 9.59 Å². The lowest BCUT2D eigenvalue weighted by Gasteiger charge is -2.27. The second-order valence-electron chi connectivity index (χ2n) is 6.58. The minimum Gasteiger partial charge on any atom is -0.496 e. The average molecular weight is 399 g/mol. The van der Waals surface area contributed by atoms with Crippen LogP contribution in [0.2, 0.25) is 0 Å². The number of amides is 1. The van der Waals surface area contributed by atoms with Crippen molar-refractivity contribution in [1.82, 2.24) is 10.3 Å². The zero-order valence-electron chi connectivity index (χ0n) is 16.6. The van der Waals surface area contributed by atoms with E-state index in [4.69, 9.17) is 14.2 Å². The molecule has 1 aromatic carbocycles. The Morgan fingerprint density at radius 3 is 2.66 bits per heavy atom. The van der Waals surface area contributed by atoms with Crippen LogP contribution in [0, 0.1) is 0 Å². The number of hydrogen-bond donors (Lipinski definition) is 1. The molecule has 154 valence electrons. The number of para-hydroxylation sites is 1. The van der Waals surface area contributed by atoms with Crippen molar-refractivity contribution in [2.24, 2.45) is 0 Å². The second kappa shape index (κ2) is 9.88. The molecular weight excluding hydrogens is 374 g/mol. The van der Waals surface area contributed by atoms with Crippen LogP contribution in [-0.4, -0.2) is 56.4 Å². The van der Waals surface area contributed by atoms with Crippen molar-refractivity contribution in [1.29, 1.82) is 0 Å². The predicted octanol–water partition coefficient (Wildman–Crippen LogP) is 1.79. The van der Waals surface area contributed by atoms with E-state index >= 15 is 0 Å². The van der Waals surface area contributed by atoms with Gasteiger partial charge in [0.05, 0.1) is 25.9 Å². The fraction of sp³-hybridized carbons (Fsp3) is 0.381. The standard InChI is InChI=1S/C21H25N3O5/c1-15(20(25)23-13-16-5-3-4-6-18(16)27-2)29-21(26)17-7-8-19(22-14-17)24-9-11-28-12-10-24/h3-8,14-15H,9-13H2,1-2H3,(H,23,25). The maximum atomic E-state index is 12.3. The molecule has 0 aliphatic carbocycles. The van der Waals surface area contributed by atoms with E-state index in [0.717, 1.165) is 24.5 Å². The summed E-state index contributed by atoms with van der Waals surface area (Å²) in [4.78, 5) is 31.0. The summed E-state index contributed by atoms with van der Waals surface area (Å²) in [5.74, 6) is 0.490. The highest BCUT2D eigenvalue weighted by molar-refractivity contribution is 5.92. The van der Waals surface area contributed by atoms with Crippen molar-refractivity contribution in [3.8, 4) is 5.75 Å². The number of rotatable bonds is 7. The number of carbonyl (C=O) groups excluding carboxylic acids is 2. The van der Waals surface area contributed by atoms with Gasteiger partial charge < -0.3 is 24.4 Å². The van der Waals surface area contributed by atoms with Gasteiger partial charge in [-0.15, -0.1) is 0 Å². The summed E-state index contributed by atoms with van der Waals surface area (Å²) in [6.45, 7) is 4.66. The minimum absolute atomic E-state index is 0.278. The number of nitrogens with one attached hydrogen (secondary N) is 1. The number of morpholine rings is 1. The summed E-state index contributed by atoms with van der Waals surface area (Å²) in [5.41, 5.74) is 1.14. The van der Waals surface area contributed by atoms with Crippen molar-refractivity contribution in [3.63, 3.8) is 0 Å². The number of hydrogen-bond acceptors (Lipinski definition) is 7. The van der Waals surface area contributed by atoms with Crippen molar-refractivity contribution < 1.29 is 23.8 Å². The van der Waals surface area contributed by atoms with Crippen LogP contribution < -0.4 is 15.0 Å². The molecule has 1 aliphatic heterocycles. The van der Waals surface area contributed by atoms with Gasteiger partial charge in [-0.1, -0.05) is 18.2 Å². The van der Waals surface area contributed by atoms with Crippen molar-refractivity contribution >= 4 is 17.7 Å². The van der Waals surface area contributed by atoms with E-state index in [0.29, 0.717) is 24.5 Å². The lowest BCUT2D eigenvalue weighted by molar-refractivity contribution is -0.129. The number of methoxy groups -OCH3 is 1. The molecule has 1 amide bonds. The molecule has 1 aliphatic rings. The Morgan fingerprint density at radius 1 is 1.21 bits per heavy atom. The molecule has 8 heteroatoms. The SMILES string of the molecule is COc1ccccc1CNC(=O)C(C)OC(=O)c1ccc(N2CCOCC2)nc1. The number of aromatic nitrogens is 1. The fourth-order valence-electron chi connectivity index (χ4n) is 2.94. The quantitative estimate of drug-likeness (QED) is 0.710. The third-order valence-electron chi connectivity index (χ3n) is 4.62. The lowest BCUT2D eigenvalue weighted by atomic mass is 10.2. The molecule has 1 fully saturated rings. The highest BCUT2D eigenvalue weighted by atomic mass is 16.5. The fourth-order valence-corrected chi connectivity index (χ4v) is 2.94. The molecule has 2 aromatic rings. The Hall–Kier alpha value is -3.13. The Labute approximate surface area is 169 Å². The van der Waals surface area contributed by atoms with E-state index in [-0.39, 0.29) is 12.5 Å². The van der Waals surface area contributed by atoms with Gasteiger partial charge in [0, 0.05) is 31.4 Å². The van der Waals surface area contributed by atoms with Crippen molar-refractivity contribution in [3.05, 3.63) is 53.7 Å². The molecule has 3 rings (SSSR count). The van der Waals surface area contributed by atoms with Crippen LogP contribution in [0.25, 0.3) is 0 Å². The van der Waals surface area contributed by atoms with Crippen LogP contribution in [0.3, 0.4) is 0 Å². The molecule has 2 heterocycles. The van der Waals surface area contributed by atoms with Crippen LogP contribution >= 0.6 is 0 Å². The maximum absolute atomic E-state index is 12.3. The second-order valence-corrected chi connectivity index (χ2v) is 6.58. The first kappa shape index (κ1) is 20.6. The first-order valence-electron chi connectivity index (χ1n) is 9.48. The van der Waals surface area contributed by atoms with Gasteiger partial charge >= 0.3 is 5.97 Å². The molecule has 0 radical (unpaired) electrons. The number of carbonyl (C=O) groups is 2. The van der Waals surface area contributed by atoms with Crippen LogP contribution in [0.15, 0.2) is 42.6 Å². The maximum Gasteiger partial charge on any atom is 0.340 e. The highest BCUT2D eigenvalue weighted by Crippen LogP contribution is 2.17. The summed E-state index contributed by atoms with van der Waals surface area (Å²) in [6.07, 6.45) is 0.531. The molecular formula is C21H25N3O5. The number of ether oxygens (including phenoxy) is 3. The smallest absolute Gasteiger partial charge is 0.340 e. The number of anilines is 1. The van der Waals surface area contributed by atoms with E-state index in [1.165, 1.54) is 13.1 Å². The van der Waals surface area contributed by atoms with E-state index in [2.05, 4.69) is 15.2 Å². The molecule has 1 aromatic heterocycles. The van der Waals surface area contributed by atoms with Crippen LogP contribution in [0.4, 0.5) is 5.82 Å². The van der Waals surface area contributed by atoms with Gasteiger partial charge in [-0.3, -0.25) is 4.79 Å². The van der Waals surface area contributed by atoms with E-state index in [1.807, 2.05) is 24.3 Å². The predicted molar refractivity (Wildman–Crippen MR) is 107 cm³/mol. The molecule has 8 nitrogen and oxygen atoms in total. The van der Waals surface area contributed by atoms with Gasteiger partial charge in [-0.05, 0) is 25.1 Å². The topological polar surface area (TPSA) is 90.0 Å². The number of pyridine rings is 1. The molecule has 0 spiro atoms. The summed E-state index contributed by atoms with van der Waals surface area (Å²) in [5, 5.41) is 2.75. The summed E-state index contributed by atoms with van der Waals surface area (Å²) >= 11 is 0. The van der Waals surface area contributed by atoms with Crippen LogP contribution in [0.5, 0.6) is 5.75 Å². The summed E-state index contributed by atoms with van der Waals surface area (Å²) < 4.78 is 15.9. The third kappa shape index (κ3) is 5.45. The Balaban J connectivity index is 1.52. The Bertz CT molecular complexity index is 834. The summed E-state index contributed by atoms with van der Waals surface area (Å²) in [6, 6.07) is 10.8. The minimum atomic E-state index is -0.934. The molecule has 1 N–H and O–H groups in total. The zero-order valence-corrected chi connectivity index (χ0v) is 16.6. The van der Waals surface area contributed by atoms with Crippen LogP contribution in [-0.2, 0) is 20.8 Å². The Kier molecular flexibility index (Phi) is 7.02. The monoisotopic (exact) mass is 399 g/mol. The molecule has 1 saturated heterocycles. The van der Waals surface area contributed by atoms with E-state index in [1.54, 1.807) is 19.2 Å². The lowest BCUT2D eigenvalue weighted by Crippen LogP contribution is -2.37. The number of esters is 1. The molecule has 0 saturated carbocycles. The molecule has 1 atom stereocenters. The number of benzene rings is 1.